The van der Waals surface area contributed by atoms with E-state index in [2.05, 4.69) is 20.9 Å². The van der Waals surface area contributed by atoms with Crippen LogP contribution in [0.15, 0.2) is 16.7 Å². The zero-order valence-electron chi connectivity index (χ0n) is 11.7. The molecule has 1 aromatic carbocycles. The molecule has 0 amide bonds. The first-order valence-corrected chi connectivity index (χ1v) is 7.52. The fourth-order valence-corrected chi connectivity index (χ4v) is 3.50. The maximum atomic E-state index is 11.0. The molecule has 2 aromatic heterocycles. The lowest BCUT2D eigenvalue weighted by molar-refractivity contribution is -0.136. The molecule has 114 valence electrons. The molecule has 0 saturated heterocycles. The Hall–Kier alpha value is -2.22. The third kappa shape index (κ3) is 1.80. The van der Waals surface area contributed by atoms with Gasteiger partial charge in [0.05, 0.1) is 23.1 Å². The lowest BCUT2D eigenvalue weighted by Crippen LogP contribution is -2.15. The minimum atomic E-state index is -0.886. The first kappa shape index (κ1) is 13.4. The molecule has 7 nitrogen and oxygen atoms in total. The lowest BCUT2D eigenvalue weighted by atomic mass is 10.2. The van der Waals surface area contributed by atoms with Crippen molar-refractivity contribution in [3.63, 3.8) is 0 Å². The fraction of sp³-hybridized carbons (Fsp3) is 0.286. The predicted molar refractivity (Wildman–Crippen MR) is 81.7 cm³/mol. The van der Waals surface area contributed by atoms with E-state index in [-0.39, 0.29) is 6.42 Å². The molecule has 0 saturated carbocycles. The van der Waals surface area contributed by atoms with Crippen molar-refractivity contribution >= 4 is 38.7 Å². The van der Waals surface area contributed by atoms with Crippen molar-refractivity contribution in [1.29, 1.82) is 0 Å². The minimum Gasteiger partial charge on any atom is -0.486 e. The van der Waals surface area contributed by atoms with Crippen LogP contribution in [0, 0.1) is 0 Å². The van der Waals surface area contributed by atoms with E-state index >= 15 is 0 Å². The Morgan fingerprint density at radius 3 is 2.73 bits per heavy atom. The second-order valence-electron chi connectivity index (χ2n) is 5.10. The highest BCUT2D eigenvalue weighted by molar-refractivity contribution is 9.10. The predicted octanol–water partition coefficient (Wildman–Crippen LogP) is 1.99. The average molecular weight is 366 g/mol. The maximum absolute atomic E-state index is 11.0. The SMILES string of the molecule is Cn1c(CC(=O)O)c(Br)n2c3cc4c(cc3nc12)OCCO4. The third-order valence-electron chi connectivity index (χ3n) is 3.76. The van der Waals surface area contributed by atoms with Gasteiger partial charge in [0.25, 0.3) is 0 Å². The Labute approximate surface area is 133 Å². The van der Waals surface area contributed by atoms with Crippen LogP contribution in [0.25, 0.3) is 16.8 Å². The summed E-state index contributed by atoms with van der Waals surface area (Å²) < 4.78 is 15.5. The van der Waals surface area contributed by atoms with Crippen LogP contribution in [0.1, 0.15) is 5.69 Å². The van der Waals surface area contributed by atoms with Crippen LogP contribution in [-0.2, 0) is 18.3 Å². The van der Waals surface area contributed by atoms with E-state index in [0.29, 0.717) is 40.8 Å². The molecule has 1 aliphatic heterocycles. The van der Waals surface area contributed by atoms with Gasteiger partial charge in [0.1, 0.15) is 17.8 Å². The number of aryl methyl sites for hydroxylation is 1. The van der Waals surface area contributed by atoms with Crippen molar-refractivity contribution in [3.8, 4) is 11.5 Å². The van der Waals surface area contributed by atoms with Crippen LogP contribution >= 0.6 is 15.9 Å². The van der Waals surface area contributed by atoms with E-state index in [1.807, 2.05) is 16.5 Å². The van der Waals surface area contributed by atoms with Gasteiger partial charge in [0, 0.05) is 19.2 Å². The number of carbonyl (C=O) groups is 1. The van der Waals surface area contributed by atoms with Crippen molar-refractivity contribution in [2.75, 3.05) is 13.2 Å². The van der Waals surface area contributed by atoms with Gasteiger partial charge in [-0.1, -0.05) is 0 Å². The molecule has 0 spiro atoms. The van der Waals surface area contributed by atoms with Gasteiger partial charge in [0.15, 0.2) is 11.5 Å². The van der Waals surface area contributed by atoms with Gasteiger partial charge in [-0.25, -0.2) is 4.98 Å². The van der Waals surface area contributed by atoms with Gasteiger partial charge in [-0.2, -0.15) is 0 Å². The van der Waals surface area contributed by atoms with E-state index in [4.69, 9.17) is 14.6 Å². The van der Waals surface area contributed by atoms with Crippen molar-refractivity contribution < 1.29 is 19.4 Å². The summed E-state index contributed by atoms with van der Waals surface area (Å²) in [7, 11) is 1.80. The lowest BCUT2D eigenvalue weighted by Gasteiger charge is -2.17. The highest BCUT2D eigenvalue weighted by Crippen LogP contribution is 2.36. The monoisotopic (exact) mass is 365 g/mol. The Kier molecular flexibility index (Phi) is 2.83. The van der Waals surface area contributed by atoms with Crippen LogP contribution in [0.5, 0.6) is 11.5 Å². The topological polar surface area (TPSA) is 78.0 Å². The first-order valence-electron chi connectivity index (χ1n) is 6.73. The largest absolute Gasteiger partial charge is 0.486 e. The number of fused-ring (bicyclic) bond motifs is 4. The molecule has 8 heteroatoms. The number of aromatic nitrogens is 3. The second kappa shape index (κ2) is 4.64. The highest BCUT2D eigenvalue weighted by atomic mass is 79.9. The summed E-state index contributed by atoms with van der Waals surface area (Å²) >= 11 is 3.49. The van der Waals surface area contributed by atoms with Gasteiger partial charge in [-0.3, -0.25) is 9.20 Å². The molecule has 22 heavy (non-hydrogen) atoms. The number of carboxylic acid groups (broad SMARTS) is 1. The van der Waals surface area contributed by atoms with E-state index in [1.54, 1.807) is 11.6 Å². The number of benzene rings is 1. The molecule has 3 heterocycles. The summed E-state index contributed by atoms with van der Waals surface area (Å²) in [5.41, 5.74) is 2.28. The number of rotatable bonds is 2. The maximum Gasteiger partial charge on any atom is 0.309 e. The van der Waals surface area contributed by atoms with Crippen molar-refractivity contribution in [3.05, 3.63) is 22.4 Å². The molecular formula is C14H12BrN3O4. The average Bonchev–Trinajstić information content (AvgIpc) is 2.96. The number of hydrogen-bond acceptors (Lipinski definition) is 4. The number of aliphatic carboxylic acids is 1. The number of nitrogens with zero attached hydrogens (tertiary/aromatic N) is 3. The molecule has 1 aliphatic rings. The minimum absolute atomic E-state index is 0.0769. The van der Waals surface area contributed by atoms with Crippen LogP contribution in [0.3, 0.4) is 0 Å². The van der Waals surface area contributed by atoms with Gasteiger partial charge >= 0.3 is 5.97 Å². The zero-order valence-corrected chi connectivity index (χ0v) is 13.3. The molecule has 4 rings (SSSR count). The number of carboxylic acids is 1. The summed E-state index contributed by atoms with van der Waals surface area (Å²) in [5, 5.41) is 9.05. The van der Waals surface area contributed by atoms with Gasteiger partial charge in [-0.05, 0) is 15.9 Å². The molecule has 0 atom stereocenters. The normalized spacial score (nSPS) is 13.9. The number of imidazole rings is 2. The highest BCUT2D eigenvalue weighted by Gasteiger charge is 2.22. The summed E-state index contributed by atoms with van der Waals surface area (Å²) in [6, 6.07) is 3.72. The van der Waals surface area contributed by atoms with Gasteiger partial charge in [0.2, 0.25) is 5.78 Å². The third-order valence-corrected chi connectivity index (χ3v) is 4.57. The van der Waals surface area contributed by atoms with E-state index in [9.17, 15) is 4.79 Å². The summed E-state index contributed by atoms with van der Waals surface area (Å²) in [5.74, 6) is 1.14. The number of ether oxygens (including phenoxy) is 2. The fourth-order valence-electron chi connectivity index (χ4n) is 2.74. The van der Waals surface area contributed by atoms with Gasteiger partial charge < -0.3 is 19.1 Å². The van der Waals surface area contributed by atoms with Crippen molar-refractivity contribution in [2.24, 2.45) is 7.05 Å². The van der Waals surface area contributed by atoms with E-state index < -0.39 is 5.97 Å². The zero-order chi connectivity index (χ0) is 15.4. The van der Waals surface area contributed by atoms with Crippen LogP contribution in [0.4, 0.5) is 0 Å². The van der Waals surface area contributed by atoms with Crippen molar-refractivity contribution in [1.82, 2.24) is 14.0 Å². The number of hydrogen-bond donors (Lipinski definition) is 1. The molecule has 3 aromatic rings. The smallest absolute Gasteiger partial charge is 0.309 e. The van der Waals surface area contributed by atoms with E-state index in [1.165, 1.54) is 0 Å². The standard InChI is InChI=1S/C14H12BrN3O4/c1-17-9(6-12(19)20)13(15)18-8-5-11-10(21-2-3-22-11)4-7(8)16-14(17)18/h4-5H,2-3,6H2,1H3,(H,19,20). The Morgan fingerprint density at radius 2 is 2.05 bits per heavy atom. The van der Waals surface area contributed by atoms with Crippen molar-refractivity contribution in [2.45, 2.75) is 6.42 Å². The molecule has 0 radical (unpaired) electrons. The summed E-state index contributed by atoms with van der Waals surface area (Å²) in [4.78, 5) is 15.6. The second-order valence-corrected chi connectivity index (χ2v) is 5.85. The molecule has 0 bridgehead atoms. The summed E-state index contributed by atoms with van der Waals surface area (Å²) in [6.07, 6.45) is -0.0769. The molecule has 0 aliphatic carbocycles. The molecule has 0 fully saturated rings. The Balaban J connectivity index is 2.02. The Morgan fingerprint density at radius 1 is 1.36 bits per heavy atom. The quantitative estimate of drug-likeness (QED) is 0.751. The van der Waals surface area contributed by atoms with Crippen LogP contribution in [0.2, 0.25) is 0 Å². The molecular weight excluding hydrogens is 354 g/mol. The summed E-state index contributed by atoms with van der Waals surface area (Å²) in [6.45, 7) is 1.04. The van der Waals surface area contributed by atoms with Crippen LogP contribution in [-0.4, -0.2) is 38.2 Å². The number of halogens is 1. The van der Waals surface area contributed by atoms with E-state index in [0.717, 1.165) is 11.0 Å². The molecule has 0 unspecified atom stereocenters. The first-order chi connectivity index (χ1) is 10.6. The Bertz CT molecular complexity index is 928. The molecule has 1 N–H and O–H groups in total. The van der Waals surface area contributed by atoms with Gasteiger partial charge in [-0.15, -0.1) is 0 Å². The van der Waals surface area contributed by atoms with Crippen LogP contribution < -0.4 is 9.47 Å².